The summed E-state index contributed by atoms with van der Waals surface area (Å²) in [5, 5.41) is 18.4. The molecule has 0 spiro atoms. The standard InChI is InChI=1S/C12H17NO4/c1-5(2)8-9(11(14)15)6(3)13-7(4)10(8)12(16)17/h5,8-9H,1-4H3,(H,14,15)(H,16,17). The molecule has 1 heterocycles. The number of hydrogen-bond acceptors (Lipinski definition) is 3. The second-order valence-electron chi connectivity index (χ2n) is 4.64. The number of allylic oxidation sites excluding steroid dienone is 1. The van der Waals surface area contributed by atoms with Crippen LogP contribution in [-0.4, -0.2) is 27.9 Å². The normalized spacial score (nSPS) is 24.9. The quantitative estimate of drug-likeness (QED) is 0.786. The second kappa shape index (κ2) is 4.69. The highest BCUT2D eigenvalue weighted by Crippen LogP contribution is 2.36. The molecule has 1 rings (SSSR count). The maximum Gasteiger partial charge on any atom is 0.333 e. The van der Waals surface area contributed by atoms with Gasteiger partial charge in [-0.25, -0.2) is 4.79 Å². The van der Waals surface area contributed by atoms with Gasteiger partial charge in [-0.2, -0.15) is 0 Å². The van der Waals surface area contributed by atoms with Gasteiger partial charge in [-0.05, 0) is 19.8 Å². The zero-order valence-corrected chi connectivity index (χ0v) is 10.4. The van der Waals surface area contributed by atoms with Crippen LogP contribution < -0.4 is 0 Å². The minimum Gasteiger partial charge on any atom is -0.481 e. The van der Waals surface area contributed by atoms with Crippen molar-refractivity contribution in [2.75, 3.05) is 0 Å². The third-order valence-electron chi connectivity index (χ3n) is 3.09. The molecule has 2 unspecified atom stereocenters. The number of hydrogen-bond donors (Lipinski definition) is 2. The van der Waals surface area contributed by atoms with Crippen molar-refractivity contribution in [3.05, 3.63) is 11.3 Å². The molecular formula is C12H17NO4. The molecule has 0 aromatic carbocycles. The Labute approximate surface area is 99.9 Å². The van der Waals surface area contributed by atoms with Gasteiger partial charge in [0.1, 0.15) is 5.92 Å². The first kappa shape index (κ1) is 13.4. The summed E-state index contributed by atoms with van der Waals surface area (Å²) in [6.07, 6.45) is 0. The number of rotatable bonds is 3. The van der Waals surface area contributed by atoms with Crippen molar-refractivity contribution >= 4 is 17.7 Å². The molecule has 1 aliphatic rings. The average molecular weight is 239 g/mol. The molecule has 17 heavy (non-hydrogen) atoms. The molecule has 0 aromatic rings. The summed E-state index contributed by atoms with van der Waals surface area (Å²) in [5.74, 6) is -3.53. The molecule has 5 heteroatoms. The summed E-state index contributed by atoms with van der Waals surface area (Å²) >= 11 is 0. The molecule has 2 atom stereocenters. The average Bonchev–Trinajstić information content (AvgIpc) is 2.14. The lowest BCUT2D eigenvalue weighted by Crippen LogP contribution is -2.38. The van der Waals surface area contributed by atoms with Gasteiger partial charge in [-0.15, -0.1) is 0 Å². The van der Waals surface area contributed by atoms with Crippen molar-refractivity contribution in [1.82, 2.24) is 0 Å². The molecule has 0 fully saturated rings. The second-order valence-corrected chi connectivity index (χ2v) is 4.64. The van der Waals surface area contributed by atoms with Crippen LogP contribution in [0.15, 0.2) is 16.3 Å². The molecular weight excluding hydrogens is 222 g/mol. The Morgan fingerprint density at radius 1 is 1.24 bits per heavy atom. The third-order valence-corrected chi connectivity index (χ3v) is 3.09. The van der Waals surface area contributed by atoms with Crippen LogP contribution in [-0.2, 0) is 9.59 Å². The Bertz CT molecular complexity index is 420. The molecule has 0 aliphatic carbocycles. The van der Waals surface area contributed by atoms with Gasteiger partial charge in [0.2, 0.25) is 0 Å². The van der Waals surface area contributed by atoms with Crippen molar-refractivity contribution in [3.63, 3.8) is 0 Å². The summed E-state index contributed by atoms with van der Waals surface area (Å²) in [5.41, 5.74) is 1.00. The number of carboxylic acid groups (broad SMARTS) is 2. The van der Waals surface area contributed by atoms with E-state index in [0.717, 1.165) is 0 Å². The van der Waals surface area contributed by atoms with Crippen LogP contribution >= 0.6 is 0 Å². The van der Waals surface area contributed by atoms with E-state index in [9.17, 15) is 19.8 Å². The summed E-state index contributed by atoms with van der Waals surface area (Å²) in [7, 11) is 0. The van der Waals surface area contributed by atoms with Gasteiger partial charge < -0.3 is 10.2 Å². The SMILES string of the molecule is CC1=NC(C)=C(C(=O)O)C(C(C)C)C1C(=O)O. The first-order chi connectivity index (χ1) is 7.77. The van der Waals surface area contributed by atoms with E-state index in [1.54, 1.807) is 13.8 Å². The summed E-state index contributed by atoms with van der Waals surface area (Å²) in [6, 6.07) is 0. The minimum atomic E-state index is -1.08. The fourth-order valence-electron chi connectivity index (χ4n) is 2.41. The maximum atomic E-state index is 11.3. The van der Waals surface area contributed by atoms with Gasteiger partial charge in [0.25, 0.3) is 0 Å². The van der Waals surface area contributed by atoms with E-state index in [1.807, 2.05) is 13.8 Å². The van der Waals surface area contributed by atoms with Crippen molar-refractivity contribution in [3.8, 4) is 0 Å². The lowest BCUT2D eigenvalue weighted by Gasteiger charge is -2.31. The van der Waals surface area contributed by atoms with Crippen LogP contribution in [0.4, 0.5) is 0 Å². The van der Waals surface area contributed by atoms with Gasteiger partial charge >= 0.3 is 11.9 Å². The molecule has 5 nitrogen and oxygen atoms in total. The number of carbonyl (C=O) groups is 2. The lowest BCUT2D eigenvalue weighted by atomic mass is 9.73. The van der Waals surface area contributed by atoms with E-state index in [1.165, 1.54) is 0 Å². The fraction of sp³-hybridized carbons (Fsp3) is 0.583. The number of nitrogens with zero attached hydrogens (tertiary/aromatic N) is 1. The predicted molar refractivity (Wildman–Crippen MR) is 62.9 cm³/mol. The zero-order chi connectivity index (χ0) is 13.3. The van der Waals surface area contributed by atoms with E-state index >= 15 is 0 Å². The smallest absolute Gasteiger partial charge is 0.333 e. The Morgan fingerprint density at radius 2 is 1.76 bits per heavy atom. The van der Waals surface area contributed by atoms with Crippen LogP contribution in [0.25, 0.3) is 0 Å². The lowest BCUT2D eigenvalue weighted by molar-refractivity contribution is -0.141. The van der Waals surface area contributed by atoms with E-state index in [4.69, 9.17) is 0 Å². The molecule has 0 saturated heterocycles. The van der Waals surface area contributed by atoms with Crippen LogP contribution in [0.1, 0.15) is 27.7 Å². The highest BCUT2D eigenvalue weighted by atomic mass is 16.4. The van der Waals surface area contributed by atoms with Crippen molar-refractivity contribution in [2.24, 2.45) is 22.7 Å². The summed E-state index contributed by atoms with van der Waals surface area (Å²) in [6.45, 7) is 6.90. The monoisotopic (exact) mass is 239 g/mol. The highest BCUT2D eigenvalue weighted by Gasteiger charge is 2.41. The molecule has 0 aromatic heterocycles. The summed E-state index contributed by atoms with van der Waals surface area (Å²) in [4.78, 5) is 26.5. The number of carboxylic acids is 2. The summed E-state index contributed by atoms with van der Waals surface area (Å²) < 4.78 is 0. The van der Waals surface area contributed by atoms with Gasteiger partial charge in [0.15, 0.2) is 0 Å². The predicted octanol–water partition coefficient (Wildman–Crippen LogP) is 1.79. The first-order valence-electron chi connectivity index (χ1n) is 5.49. The Morgan fingerprint density at radius 3 is 2.12 bits per heavy atom. The first-order valence-corrected chi connectivity index (χ1v) is 5.49. The van der Waals surface area contributed by atoms with E-state index in [2.05, 4.69) is 4.99 Å². The highest BCUT2D eigenvalue weighted by molar-refractivity contribution is 6.04. The largest absolute Gasteiger partial charge is 0.481 e. The van der Waals surface area contributed by atoms with Gasteiger partial charge in [-0.1, -0.05) is 13.8 Å². The molecule has 0 amide bonds. The van der Waals surface area contributed by atoms with Crippen molar-refractivity contribution < 1.29 is 19.8 Å². The van der Waals surface area contributed by atoms with Gasteiger partial charge in [0, 0.05) is 17.3 Å². The molecule has 94 valence electrons. The maximum absolute atomic E-state index is 11.3. The number of aliphatic carboxylic acids is 2. The Balaban J connectivity index is 3.38. The van der Waals surface area contributed by atoms with Crippen molar-refractivity contribution in [2.45, 2.75) is 27.7 Å². The Hall–Kier alpha value is -1.65. The van der Waals surface area contributed by atoms with E-state index in [-0.39, 0.29) is 11.5 Å². The van der Waals surface area contributed by atoms with Crippen LogP contribution in [0.5, 0.6) is 0 Å². The minimum absolute atomic E-state index is 0.0670. The van der Waals surface area contributed by atoms with Crippen molar-refractivity contribution in [1.29, 1.82) is 0 Å². The molecule has 2 N–H and O–H groups in total. The van der Waals surface area contributed by atoms with E-state index in [0.29, 0.717) is 11.4 Å². The molecule has 0 radical (unpaired) electrons. The van der Waals surface area contributed by atoms with Gasteiger partial charge in [0.05, 0.1) is 5.57 Å². The zero-order valence-electron chi connectivity index (χ0n) is 10.4. The van der Waals surface area contributed by atoms with Gasteiger partial charge in [-0.3, -0.25) is 9.79 Å². The van der Waals surface area contributed by atoms with Crippen LogP contribution in [0.3, 0.4) is 0 Å². The van der Waals surface area contributed by atoms with Crippen LogP contribution in [0.2, 0.25) is 0 Å². The van der Waals surface area contributed by atoms with E-state index < -0.39 is 23.8 Å². The number of aliphatic imine (C=N–C) groups is 1. The fourth-order valence-corrected chi connectivity index (χ4v) is 2.41. The van der Waals surface area contributed by atoms with Crippen LogP contribution in [0, 0.1) is 17.8 Å². The molecule has 0 saturated carbocycles. The Kier molecular flexibility index (Phi) is 3.70. The topological polar surface area (TPSA) is 87.0 Å². The third kappa shape index (κ3) is 2.38. The molecule has 0 bridgehead atoms. The molecule has 1 aliphatic heterocycles.